The molecule has 0 spiro atoms. The average Bonchev–Trinajstić information content (AvgIpc) is 2.16. The summed E-state index contributed by atoms with van der Waals surface area (Å²) in [6.07, 6.45) is 0.810. The van der Waals surface area contributed by atoms with Crippen molar-refractivity contribution in [3.8, 4) is 0 Å². The summed E-state index contributed by atoms with van der Waals surface area (Å²) < 4.78 is 5.24. The van der Waals surface area contributed by atoms with Gasteiger partial charge in [0, 0.05) is 18.6 Å². The van der Waals surface area contributed by atoms with E-state index >= 15 is 0 Å². The Kier molecular flexibility index (Phi) is 4.74. The van der Waals surface area contributed by atoms with E-state index < -0.39 is 0 Å². The normalized spacial score (nSPS) is 27.4. The van der Waals surface area contributed by atoms with Crippen molar-refractivity contribution < 1.29 is 9.53 Å². The second-order valence-electron chi connectivity index (χ2n) is 5.13. The van der Waals surface area contributed by atoms with Crippen molar-refractivity contribution in [3.63, 3.8) is 0 Å². The standard InChI is InChI=1S/C12H24N2O2/c1-8(2)14-6-5-11(13)10(7-14)12(15)16-9(3)4/h8-11H,5-7,13H2,1-4H3/t10-,11+/m0/s1. The van der Waals surface area contributed by atoms with Gasteiger partial charge in [-0.15, -0.1) is 0 Å². The van der Waals surface area contributed by atoms with Crippen LogP contribution < -0.4 is 5.73 Å². The fraction of sp³-hybridized carbons (Fsp3) is 0.917. The Labute approximate surface area is 98.1 Å². The van der Waals surface area contributed by atoms with Gasteiger partial charge in [0.25, 0.3) is 0 Å². The van der Waals surface area contributed by atoms with Crippen molar-refractivity contribution in [1.29, 1.82) is 0 Å². The molecule has 0 aromatic rings. The van der Waals surface area contributed by atoms with Crippen LogP contribution in [-0.4, -0.2) is 42.1 Å². The SMILES string of the molecule is CC(C)OC(=O)[C@H]1CN(C(C)C)CC[C@H]1N. The lowest BCUT2D eigenvalue weighted by molar-refractivity contribution is -0.155. The molecule has 2 atom stereocenters. The van der Waals surface area contributed by atoms with Gasteiger partial charge in [0.2, 0.25) is 0 Å². The van der Waals surface area contributed by atoms with Crippen molar-refractivity contribution in [2.75, 3.05) is 13.1 Å². The maximum atomic E-state index is 11.9. The molecule has 0 bridgehead atoms. The highest BCUT2D eigenvalue weighted by molar-refractivity contribution is 5.73. The first-order chi connectivity index (χ1) is 7.41. The molecule has 16 heavy (non-hydrogen) atoms. The number of carbonyl (C=O) groups excluding carboxylic acids is 1. The Hall–Kier alpha value is -0.610. The largest absolute Gasteiger partial charge is 0.463 e. The summed E-state index contributed by atoms with van der Waals surface area (Å²) in [5.74, 6) is -0.314. The Morgan fingerprint density at radius 3 is 2.50 bits per heavy atom. The maximum Gasteiger partial charge on any atom is 0.312 e. The van der Waals surface area contributed by atoms with Crippen LogP contribution in [0.5, 0.6) is 0 Å². The fourth-order valence-corrected chi connectivity index (χ4v) is 2.03. The molecule has 0 aromatic heterocycles. The molecule has 0 amide bonds. The zero-order valence-corrected chi connectivity index (χ0v) is 10.8. The van der Waals surface area contributed by atoms with Gasteiger partial charge in [-0.1, -0.05) is 0 Å². The summed E-state index contributed by atoms with van der Waals surface area (Å²) >= 11 is 0. The number of likely N-dealkylation sites (tertiary alicyclic amines) is 1. The minimum Gasteiger partial charge on any atom is -0.463 e. The molecule has 1 aliphatic heterocycles. The van der Waals surface area contributed by atoms with Gasteiger partial charge in [0.05, 0.1) is 12.0 Å². The van der Waals surface area contributed by atoms with E-state index in [0.717, 1.165) is 19.5 Å². The molecule has 1 heterocycles. The van der Waals surface area contributed by atoms with E-state index in [1.807, 2.05) is 13.8 Å². The molecule has 1 fully saturated rings. The highest BCUT2D eigenvalue weighted by atomic mass is 16.5. The van der Waals surface area contributed by atoms with Gasteiger partial charge >= 0.3 is 5.97 Å². The van der Waals surface area contributed by atoms with Gasteiger partial charge in [-0.2, -0.15) is 0 Å². The van der Waals surface area contributed by atoms with Gasteiger partial charge in [-0.3, -0.25) is 9.69 Å². The number of carbonyl (C=O) groups is 1. The summed E-state index contributed by atoms with van der Waals surface area (Å²) in [5.41, 5.74) is 5.99. The van der Waals surface area contributed by atoms with Gasteiger partial charge < -0.3 is 10.5 Å². The molecule has 94 valence electrons. The van der Waals surface area contributed by atoms with Crippen LogP contribution in [-0.2, 0) is 9.53 Å². The minimum absolute atomic E-state index is 0.0544. The van der Waals surface area contributed by atoms with Gasteiger partial charge in [-0.05, 0) is 40.7 Å². The lowest BCUT2D eigenvalue weighted by Crippen LogP contribution is -2.52. The smallest absolute Gasteiger partial charge is 0.312 e. The van der Waals surface area contributed by atoms with E-state index in [9.17, 15) is 4.79 Å². The number of esters is 1. The zero-order chi connectivity index (χ0) is 12.3. The zero-order valence-electron chi connectivity index (χ0n) is 10.8. The molecule has 1 aliphatic rings. The lowest BCUT2D eigenvalue weighted by atomic mass is 9.92. The molecule has 0 unspecified atom stereocenters. The first-order valence-electron chi connectivity index (χ1n) is 6.12. The molecule has 0 aromatic carbocycles. The summed E-state index contributed by atoms with van der Waals surface area (Å²) in [6.45, 7) is 9.72. The van der Waals surface area contributed by atoms with E-state index in [-0.39, 0.29) is 24.0 Å². The molecule has 1 rings (SSSR count). The molecule has 4 nitrogen and oxygen atoms in total. The van der Waals surface area contributed by atoms with Gasteiger partial charge in [-0.25, -0.2) is 0 Å². The first-order valence-corrected chi connectivity index (χ1v) is 6.12. The number of rotatable bonds is 3. The van der Waals surface area contributed by atoms with Crippen molar-refractivity contribution in [3.05, 3.63) is 0 Å². The average molecular weight is 228 g/mol. The predicted molar refractivity (Wildman–Crippen MR) is 64.0 cm³/mol. The lowest BCUT2D eigenvalue weighted by Gasteiger charge is -2.38. The first kappa shape index (κ1) is 13.5. The van der Waals surface area contributed by atoms with Crippen LogP contribution in [0.2, 0.25) is 0 Å². The van der Waals surface area contributed by atoms with Gasteiger partial charge in [0.1, 0.15) is 0 Å². The molecular formula is C12H24N2O2. The molecule has 4 heteroatoms. The monoisotopic (exact) mass is 228 g/mol. The minimum atomic E-state index is -0.168. The summed E-state index contributed by atoms with van der Waals surface area (Å²) in [6, 6.07) is 0.406. The number of hydrogen-bond donors (Lipinski definition) is 1. The highest BCUT2D eigenvalue weighted by Crippen LogP contribution is 2.19. The van der Waals surface area contributed by atoms with Crippen LogP contribution in [0.4, 0.5) is 0 Å². The Balaban J connectivity index is 2.58. The van der Waals surface area contributed by atoms with Crippen molar-refractivity contribution in [1.82, 2.24) is 4.90 Å². The van der Waals surface area contributed by atoms with Crippen molar-refractivity contribution >= 4 is 5.97 Å². The van der Waals surface area contributed by atoms with Crippen LogP contribution >= 0.6 is 0 Å². The van der Waals surface area contributed by atoms with Crippen LogP contribution in [0, 0.1) is 5.92 Å². The molecule has 0 saturated carbocycles. The summed E-state index contributed by atoms with van der Waals surface area (Å²) in [5, 5.41) is 0. The van der Waals surface area contributed by atoms with Crippen LogP contribution in [0.25, 0.3) is 0 Å². The topological polar surface area (TPSA) is 55.6 Å². The third-order valence-electron chi connectivity index (χ3n) is 3.08. The van der Waals surface area contributed by atoms with E-state index in [0.29, 0.717) is 6.04 Å². The molecule has 1 saturated heterocycles. The van der Waals surface area contributed by atoms with Crippen molar-refractivity contribution in [2.45, 2.75) is 52.3 Å². The number of hydrogen-bond acceptors (Lipinski definition) is 4. The third kappa shape index (κ3) is 3.46. The maximum absolute atomic E-state index is 11.9. The van der Waals surface area contributed by atoms with Gasteiger partial charge in [0.15, 0.2) is 0 Å². The van der Waals surface area contributed by atoms with E-state index in [1.54, 1.807) is 0 Å². The quantitative estimate of drug-likeness (QED) is 0.732. The van der Waals surface area contributed by atoms with E-state index in [4.69, 9.17) is 10.5 Å². The Morgan fingerprint density at radius 2 is 2.00 bits per heavy atom. The van der Waals surface area contributed by atoms with Crippen molar-refractivity contribution in [2.24, 2.45) is 11.7 Å². The van der Waals surface area contributed by atoms with Crippen LogP contribution in [0.15, 0.2) is 0 Å². The number of ether oxygens (including phenoxy) is 1. The Bertz CT molecular complexity index is 241. The number of nitrogens with two attached hydrogens (primary N) is 1. The van der Waals surface area contributed by atoms with Crippen LogP contribution in [0.3, 0.4) is 0 Å². The number of nitrogens with zero attached hydrogens (tertiary/aromatic N) is 1. The number of piperidine rings is 1. The van der Waals surface area contributed by atoms with E-state index in [1.165, 1.54) is 0 Å². The highest BCUT2D eigenvalue weighted by Gasteiger charge is 2.34. The predicted octanol–water partition coefficient (Wildman–Crippen LogP) is 0.996. The second-order valence-corrected chi connectivity index (χ2v) is 5.13. The molecular weight excluding hydrogens is 204 g/mol. The molecule has 0 radical (unpaired) electrons. The summed E-state index contributed by atoms with van der Waals surface area (Å²) in [7, 11) is 0. The molecule has 0 aliphatic carbocycles. The summed E-state index contributed by atoms with van der Waals surface area (Å²) in [4.78, 5) is 14.1. The Morgan fingerprint density at radius 1 is 1.38 bits per heavy atom. The second kappa shape index (κ2) is 5.64. The fourth-order valence-electron chi connectivity index (χ4n) is 2.03. The third-order valence-corrected chi connectivity index (χ3v) is 3.08. The van der Waals surface area contributed by atoms with E-state index in [2.05, 4.69) is 18.7 Å². The molecule has 2 N–H and O–H groups in total. The van der Waals surface area contributed by atoms with Crippen LogP contribution in [0.1, 0.15) is 34.1 Å².